The van der Waals surface area contributed by atoms with Gasteiger partial charge in [0.2, 0.25) is 5.90 Å². The maximum atomic E-state index is 12.6. The van der Waals surface area contributed by atoms with E-state index < -0.39 is 11.9 Å². The molecule has 0 amide bonds. The van der Waals surface area contributed by atoms with Gasteiger partial charge in [-0.1, -0.05) is 17.7 Å². The van der Waals surface area contributed by atoms with Gasteiger partial charge in [0.15, 0.2) is 17.2 Å². The first kappa shape index (κ1) is 23.1. The highest BCUT2D eigenvalue weighted by molar-refractivity contribution is 6.30. The molecule has 0 radical (unpaired) electrons. The Bertz CT molecular complexity index is 1280. The van der Waals surface area contributed by atoms with Crippen molar-refractivity contribution in [3.05, 3.63) is 94.1 Å². The summed E-state index contributed by atoms with van der Waals surface area (Å²) in [6, 6.07) is 18.3. The minimum Gasteiger partial charge on any atom is -0.497 e. The van der Waals surface area contributed by atoms with E-state index in [4.69, 9.17) is 30.5 Å². The van der Waals surface area contributed by atoms with Crippen LogP contribution in [0.1, 0.15) is 28.4 Å². The molecule has 0 bridgehead atoms. The van der Waals surface area contributed by atoms with Crippen LogP contribution in [0.15, 0.2) is 77.4 Å². The second kappa shape index (κ2) is 10.2. The van der Waals surface area contributed by atoms with Crippen molar-refractivity contribution in [1.29, 1.82) is 0 Å². The highest BCUT2D eigenvalue weighted by atomic mass is 35.5. The number of aliphatic imine (C=N–C) groups is 1. The molecule has 0 spiro atoms. The average molecular weight is 478 g/mol. The number of methoxy groups -OCH3 is 1. The van der Waals surface area contributed by atoms with E-state index in [9.17, 15) is 9.59 Å². The van der Waals surface area contributed by atoms with Gasteiger partial charge in [-0.3, -0.25) is 0 Å². The predicted octanol–water partition coefficient (Wildman–Crippen LogP) is 5.31. The Morgan fingerprint density at radius 2 is 1.76 bits per heavy atom. The first-order valence-electron chi connectivity index (χ1n) is 10.4. The number of hydrogen-bond donors (Lipinski definition) is 0. The molecule has 8 heteroatoms. The molecule has 1 heterocycles. The summed E-state index contributed by atoms with van der Waals surface area (Å²) in [6.45, 7) is 2.17. The van der Waals surface area contributed by atoms with Gasteiger partial charge in [-0.15, -0.1) is 0 Å². The van der Waals surface area contributed by atoms with Crippen molar-refractivity contribution >= 4 is 35.5 Å². The van der Waals surface area contributed by atoms with Gasteiger partial charge >= 0.3 is 11.9 Å². The molecule has 0 fully saturated rings. The first-order valence-corrected chi connectivity index (χ1v) is 10.8. The Labute approximate surface area is 201 Å². The fourth-order valence-electron chi connectivity index (χ4n) is 3.14. The number of rotatable bonds is 7. The number of benzene rings is 3. The number of esters is 2. The summed E-state index contributed by atoms with van der Waals surface area (Å²) < 4.78 is 21.6. The molecule has 0 unspecified atom stereocenters. The van der Waals surface area contributed by atoms with E-state index in [1.54, 1.807) is 79.9 Å². The zero-order valence-electron chi connectivity index (χ0n) is 18.4. The van der Waals surface area contributed by atoms with Crippen LogP contribution < -0.4 is 14.2 Å². The minimum absolute atomic E-state index is 0.135. The molecule has 4 rings (SSSR count). The fraction of sp³-hybridized carbons (Fsp3) is 0.115. The third kappa shape index (κ3) is 5.27. The summed E-state index contributed by atoms with van der Waals surface area (Å²) in [4.78, 5) is 29.2. The summed E-state index contributed by atoms with van der Waals surface area (Å²) in [5.41, 5.74) is 1.76. The fourth-order valence-corrected chi connectivity index (χ4v) is 3.26. The average Bonchev–Trinajstić information content (AvgIpc) is 3.21. The third-order valence-corrected chi connectivity index (χ3v) is 5.06. The quantitative estimate of drug-likeness (QED) is 0.260. The molecule has 0 saturated heterocycles. The van der Waals surface area contributed by atoms with Crippen LogP contribution >= 0.6 is 11.6 Å². The van der Waals surface area contributed by atoms with Crippen LogP contribution in [0.3, 0.4) is 0 Å². The minimum atomic E-state index is -0.571. The Morgan fingerprint density at radius 3 is 2.44 bits per heavy atom. The molecule has 7 nitrogen and oxygen atoms in total. The number of ether oxygens (including phenoxy) is 4. The topological polar surface area (TPSA) is 83.4 Å². The lowest BCUT2D eigenvalue weighted by atomic mass is 10.1. The molecular weight excluding hydrogens is 458 g/mol. The van der Waals surface area contributed by atoms with Crippen LogP contribution in [0, 0.1) is 0 Å². The molecule has 3 aromatic rings. The molecule has 0 aliphatic carbocycles. The van der Waals surface area contributed by atoms with Gasteiger partial charge < -0.3 is 18.9 Å². The maximum absolute atomic E-state index is 12.6. The van der Waals surface area contributed by atoms with Crippen LogP contribution in [0.25, 0.3) is 6.08 Å². The predicted molar refractivity (Wildman–Crippen MR) is 128 cm³/mol. The number of carbonyl (C=O) groups excluding carboxylic acids is 2. The van der Waals surface area contributed by atoms with Gasteiger partial charge in [0.25, 0.3) is 0 Å². The van der Waals surface area contributed by atoms with Crippen LogP contribution in [0.4, 0.5) is 0 Å². The lowest BCUT2D eigenvalue weighted by Gasteiger charge is -2.11. The second-order valence-corrected chi connectivity index (χ2v) is 7.54. The van der Waals surface area contributed by atoms with E-state index in [2.05, 4.69) is 4.99 Å². The van der Waals surface area contributed by atoms with Crippen molar-refractivity contribution in [3.8, 4) is 17.2 Å². The van der Waals surface area contributed by atoms with Gasteiger partial charge in [0.1, 0.15) is 5.75 Å². The van der Waals surface area contributed by atoms with E-state index in [0.717, 1.165) is 0 Å². The van der Waals surface area contributed by atoms with Crippen molar-refractivity contribution in [2.75, 3.05) is 13.7 Å². The highest BCUT2D eigenvalue weighted by Crippen LogP contribution is 2.31. The summed E-state index contributed by atoms with van der Waals surface area (Å²) in [5.74, 6) is 0.333. The van der Waals surface area contributed by atoms with Gasteiger partial charge in [0, 0.05) is 10.6 Å². The van der Waals surface area contributed by atoms with Crippen molar-refractivity contribution in [2.24, 2.45) is 4.99 Å². The number of cyclic esters (lactones) is 1. The molecule has 0 N–H and O–H groups in total. The van der Waals surface area contributed by atoms with Gasteiger partial charge in [-0.05, 0) is 79.2 Å². The summed E-state index contributed by atoms with van der Waals surface area (Å²) in [6.07, 6.45) is 1.57. The van der Waals surface area contributed by atoms with Crippen molar-refractivity contribution in [2.45, 2.75) is 6.92 Å². The molecule has 172 valence electrons. The van der Waals surface area contributed by atoms with E-state index in [1.807, 2.05) is 6.92 Å². The standard InChI is InChI=1S/C26H20ClNO6/c1-3-32-23-15-16(4-13-22(23)33-25(29)18-7-11-20(31-2)12-8-18)14-21-26(30)34-24(28-21)17-5-9-19(27)10-6-17/h4-15H,3H2,1-2H3/b21-14+. The van der Waals surface area contributed by atoms with Crippen molar-refractivity contribution in [1.82, 2.24) is 0 Å². The van der Waals surface area contributed by atoms with Crippen LogP contribution in [0.5, 0.6) is 17.2 Å². The highest BCUT2D eigenvalue weighted by Gasteiger charge is 2.24. The Hall–Kier alpha value is -4.10. The molecule has 0 saturated carbocycles. The molecule has 1 aliphatic rings. The second-order valence-electron chi connectivity index (χ2n) is 7.10. The molecular formula is C26H20ClNO6. The number of hydrogen-bond acceptors (Lipinski definition) is 7. The third-order valence-electron chi connectivity index (χ3n) is 4.81. The van der Waals surface area contributed by atoms with Crippen LogP contribution in [-0.2, 0) is 9.53 Å². The summed E-state index contributed by atoms with van der Waals surface area (Å²) in [5, 5.41) is 0.570. The number of halogens is 1. The first-order chi connectivity index (χ1) is 16.5. The van der Waals surface area contributed by atoms with E-state index in [-0.39, 0.29) is 17.3 Å². The Kier molecular flexibility index (Phi) is 6.94. The maximum Gasteiger partial charge on any atom is 0.363 e. The summed E-state index contributed by atoms with van der Waals surface area (Å²) in [7, 11) is 1.55. The normalized spacial score (nSPS) is 13.9. The Balaban J connectivity index is 1.57. The largest absolute Gasteiger partial charge is 0.497 e. The summed E-state index contributed by atoms with van der Waals surface area (Å²) >= 11 is 5.91. The van der Waals surface area contributed by atoms with Crippen LogP contribution in [-0.4, -0.2) is 31.6 Å². The van der Waals surface area contributed by atoms with Gasteiger partial charge in [-0.25, -0.2) is 14.6 Å². The molecule has 0 aromatic heterocycles. The molecule has 34 heavy (non-hydrogen) atoms. The lowest BCUT2D eigenvalue weighted by Crippen LogP contribution is -2.09. The van der Waals surface area contributed by atoms with Crippen molar-refractivity contribution in [3.63, 3.8) is 0 Å². The van der Waals surface area contributed by atoms with Gasteiger partial charge in [0.05, 0.1) is 19.3 Å². The van der Waals surface area contributed by atoms with Gasteiger partial charge in [-0.2, -0.15) is 0 Å². The Morgan fingerprint density at radius 1 is 1.03 bits per heavy atom. The lowest BCUT2D eigenvalue weighted by molar-refractivity contribution is -0.129. The number of nitrogens with zero attached hydrogens (tertiary/aromatic N) is 1. The molecule has 1 aliphatic heterocycles. The van der Waals surface area contributed by atoms with E-state index in [0.29, 0.717) is 39.8 Å². The molecule has 3 aromatic carbocycles. The van der Waals surface area contributed by atoms with E-state index >= 15 is 0 Å². The molecule has 0 atom stereocenters. The SMILES string of the molecule is CCOc1cc(/C=C2/N=C(c3ccc(Cl)cc3)OC2=O)ccc1OC(=O)c1ccc(OC)cc1. The zero-order chi connectivity index (χ0) is 24.1. The smallest absolute Gasteiger partial charge is 0.363 e. The monoisotopic (exact) mass is 477 g/mol. The van der Waals surface area contributed by atoms with E-state index in [1.165, 1.54) is 0 Å². The number of carbonyl (C=O) groups is 2. The van der Waals surface area contributed by atoms with Crippen molar-refractivity contribution < 1.29 is 28.5 Å². The van der Waals surface area contributed by atoms with Crippen LogP contribution in [0.2, 0.25) is 5.02 Å². The zero-order valence-corrected chi connectivity index (χ0v) is 19.2.